The number of hydrogen-bond donors (Lipinski definition) is 2. The number of nitrogens with one attached hydrogen (secondary N) is 1. The quantitative estimate of drug-likeness (QED) is 0.528. The SMILES string of the molecule is NNc1nnc(Cl)c2c1OCCCO2. The van der Waals surface area contributed by atoms with Crippen molar-refractivity contribution in [1.29, 1.82) is 0 Å². The van der Waals surface area contributed by atoms with Crippen LogP contribution in [0.15, 0.2) is 0 Å². The van der Waals surface area contributed by atoms with Gasteiger partial charge in [0.05, 0.1) is 13.2 Å². The number of ether oxygens (including phenoxy) is 2. The van der Waals surface area contributed by atoms with Crippen LogP contribution < -0.4 is 20.7 Å². The molecule has 2 heterocycles. The van der Waals surface area contributed by atoms with Crippen LogP contribution in [-0.2, 0) is 0 Å². The van der Waals surface area contributed by atoms with Crippen molar-refractivity contribution in [3.63, 3.8) is 0 Å². The molecule has 0 aliphatic carbocycles. The molecule has 76 valence electrons. The van der Waals surface area contributed by atoms with Crippen molar-refractivity contribution in [1.82, 2.24) is 10.2 Å². The Hall–Kier alpha value is -1.27. The molecule has 1 aromatic rings. The van der Waals surface area contributed by atoms with Gasteiger partial charge in [0, 0.05) is 6.42 Å². The van der Waals surface area contributed by atoms with Crippen LogP contribution in [0, 0.1) is 0 Å². The third kappa shape index (κ3) is 1.53. The molecule has 0 saturated heterocycles. The maximum atomic E-state index is 5.80. The molecule has 1 aliphatic rings. The molecule has 0 unspecified atom stereocenters. The Morgan fingerprint density at radius 1 is 1.21 bits per heavy atom. The van der Waals surface area contributed by atoms with Crippen LogP contribution in [0.5, 0.6) is 11.5 Å². The molecule has 0 spiro atoms. The fourth-order valence-electron chi connectivity index (χ4n) is 1.15. The van der Waals surface area contributed by atoms with Gasteiger partial charge in [-0.15, -0.1) is 10.2 Å². The third-order valence-electron chi connectivity index (χ3n) is 1.76. The highest BCUT2D eigenvalue weighted by molar-refractivity contribution is 6.31. The number of nitrogens with zero attached hydrogens (tertiary/aromatic N) is 2. The minimum atomic E-state index is 0.181. The molecule has 0 saturated carbocycles. The van der Waals surface area contributed by atoms with Crippen molar-refractivity contribution in [3.8, 4) is 11.5 Å². The lowest BCUT2D eigenvalue weighted by atomic mass is 10.4. The summed E-state index contributed by atoms with van der Waals surface area (Å²) in [6, 6.07) is 0. The largest absolute Gasteiger partial charge is 0.487 e. The molecule has 6 nitrogen and oxygen atoms in total. The van der Waals surface area contributed by atoms with Gasteiger partial charge in [0.15, 0.2) is 5.15 Å². The molecule has 0 bridgehead atoms. The lowest BCUT2D eigenvalue weighted by Crippen LogP contribution is -2.11. The number of nitrogens with two attached hydrogens (primary N) is 1. The zero-order valence-electron chi connectivity index (χ0n) is 7.29. The first-order chi connectivity index (χ1) is 6.83. The first-order valence-electron chi connectivity index (χ1n) is 4.11. The number of hydrogen-bond acceptors (Lipinski definition) is 6. The second-order valence-corrected chi connectivity index (χ2v) is 3.05. The minimum Gasteiger partial charge on any atom is -0.487 e. The van der Waals surface area contributed by atoms with Gasteiger partial charge < -0.3 is 14.9 Å². The lowest BCUT2D eigenvalue weighted by Gasteiger charge is -2.10. The Kier molecular flexibility index (Phi) is 2.55. The van der Waals surface area contributed by atoms with Gasteiger partial charge in [-0.05, 0) is 0 Å². The zero-order chi connectivity index (χ0) is 9.97. The highest BCUT2D eigenvalue weighted by Crippen LogP contribution is 2.38. The van der Waals surface area contributed by atoms with Crippen molar-refractivity contribution in [3.05, 3.63) is 5.15 Å². The van der Waals surface area contributed by atoms with Crippen LogP contribution in [-0.4, -0.2) is 23.4 Å². The summed E-state index contributed by atoms with van der Waals surface area (Å²) in [5.74, 6) is 6.39. The Bertz CT molecular complexity index is 347. The van der Waals surface area contributed by atoms with E-state index in [-0.39, 0.29) is 5.15 Å². The molecule has 3 N–H and O–H groups in total. The fraction of sp³-hybridized carbons (Fsp3) is 0.429. The number of aromatic nitrogens is 2. The van der Waals surface area contributed by atoms with Crippen LogP contribution >= 0.6 is 11.6 Å². The Morgan fingerprint density at radius 3 is 2.64 bits per heavy atom. The van der Waals surface area contributed by atoms with E-state index in [4.69, 9.17) is 26.9 Å². The van der Waals surface area contributed by atoms with E-state index in [1.165, 1.54) is 0 Å². The van der Waals surface area contributed by atoms with E-state index in [1.54, 1.807) is 0 Å². The van der Waals surface area contributed by atoms with E-state index in [2.05, 4.69) is 15.6 Å². The minimum absolute atomic E-state index is 0.181. The van der Waals surface area contributed by atoms with Crippen molar-refractivity contribution >= 4 is 17.4 Å². The number of anilines is 1. The van der Waals surface area contributed by atoms with Gasteiger partial charge in [-0.3, -0.25) is 0 Å². The molecule has 1 aliphatic heterocycles. The number of halogens is 1. The predicted molar refractivity (Wildman–Crippen MR) is 50.5 cm³/mol. The molecule has 0 fully saturated rings. The first-order valence-corrected chi connectivity index (χ1v) is 4.49. The lowest BCUT2D eigenvalue weighted by molar-refractivity contribution is 0.297. The number of rotatable bonds is 1. The first kappa shape index (κ1) is 9.29. The Morgan fingerprint density at radius 2 is 1.93 bits per heavy atom. The van der Waals surface area contributed by atoms with E-state index in [1.807, 2.05) is 0 Å². The number of nitrogen functional groups attached to an aromatic ring is 1. The average molecular weight is 217 g/mol. The van der Waals surface area contributed by atoms with Gasteiger partial charge >= 0.3 is 0 Å². The summed E-state index contributed by atoms with van der Waals surface area (Å²) >= 11 is 5.80. The molecule has 0 aromatic carbocycles. The monoisotopic (exact) mass is 216 g/mol. The van der Waals surface area contributed by atoms with Gasteiger partial charge in [0.2, 0.25) is 17.3 Å². The van der Waals surface area contributed by atoms with Crippen molar-refractivity contribution in [2.24, 2.45) is 5.84 Å². The van der Waals surface area contributed by atoms with Crippen molar-refractivity contribution in [2.45, 2.75) is 6.42 Å². The molecule has 14 heavy (non-hydrogen) atoms. The third-order valence-corrected chi connectivity index (χ3v) is 2.01. The van der Waals surface area contributed by atoms with E-state index >= 15 is 0 Å². The molecule has 0 atom stereocenters. The van der Waals surface area contributed by atoms with Crippen LogP contribution in [0.4, 0.5) is 5.82 Å². The molecular weight excluding hydrogens is 208 g/mol. The number of hydrazine groups is 1. The fourth-order valence-corrected chi connectivity index (χ4v) is 1.32. The molecule has 2 rings (SSSR count). The van der Waals surface area contributed by atoms with E-state index < -0.39 is 0 Å². The maximum absolute atomic E-state index is 5.80. The van der Waals surface area contributed by atoms with Gasteiger partial charge in [0.25, 0.3) is 0 Å². The van der Waals surface area contributed by atoms with Crippen molar-refractivity contribution < 1.29 is 9.47 Å². The Labute approximate surface area is 85.3 Å². The van der Waals surface area contributed by atoms with E-state index in [9.17, 15) is 0 Å². The molecule has 0 amide bonds. The summed E-state index contributed by atoms with van der Waals surface area (Å²) in [7, 11) is 0. The zero-order valence-corrected chi connectivity index (χ0v) is 8.04. The summed E-state index contributed by atoms with van der Waals surface area (Å²) in [6.45, 7) is 1.09. The van der Waals surface area contributed by atoms with E-state index in [0.717, 1.165) is 6.42 Å². The van der Waals surface area contributed by atoms with Gasteiger partial charge in [-0.25, -0.2) is 5.84 Å². The molecular formula is C7H9ClN4O2. The maximum Gasteiger partial charge on any atom is 0.210 e. The topological polar surface area (TPSA) is 82.3 Å². The second-order valence-electron chi connectivity index (χ2n) is 2.69. The highest BCUT2D eigenvalue weighted by atomic mass is 35.5. The Balaban J connectivity index is 2.49. The smallest absolute Gasteiger partial charge is 0.210 e. The predicted octanol–water partition coefficient (Wildman–Crippen LogP) is 0.577. The van der Waals surface area contributed by atoms with Crippen LogP contribution in [0.25, 0.3) is 0 Å². The van der Waals surface area contributed by atoms with Crippen LogP contribution in [0.2, 0.25) is 5.15 Å². The second kappa shape index (κ2) is 3.85. The number of fused-ring (bicyclic) bond motifs is 1. The summed E-state index contributed by atoms with van der Waals surface area (Å²) in [6.07, 6.45) is 0.787. The van der Waals surface area contributed by atoms with Crippen molar-refractivity contribution in [2.75, 3.05) is 18.6 Å². The summed E-state index contributed by atoms with van der Waals surface area (Å²) in [4.78, 5) is 0. The van der Waals surface area contributed by atoms with Crippen LogP contribution in [0.3, 0.4) is 0 Å². The van der Waals surface area contributed by atoms with Gasteiger partial charge in [-0.2, -0.15) is 0 Å². The summed E-state index contributed by atoms with van der Waals surface area (Å²) < 4.78 is 10.8. The van der Waals surface area contributed by atoms with Gasteiger partial charge in [-0.1, -0.05) is 11.6 Å². The summed E-state index contributed by atoms with van der Waals surface area (Å²) in [5, 5.41) is 7.58. The van der Waals surface area contributed by atoms with E-state index in [0.29, 0.717) is 30.5 Å². The van der Waals surface area contributed by atoms with Crippen LogP contribution in [0.1, 0.15) is 6.42 Å². The molecule has 1 aromatic heterocycles. The standard InChI is InChI=1S/C7H9ClN4O2/c8-6-4-5(7(10-9)12-11-6)14-3-1-2-13-4/h1-3,9H2,(H,10,12). The average Bonchev–Trinajstić information content (AvgIpc) is 2.44. The highest BCUT2D eigenvalue weighted by Gasteiger charge is 2.20. The summed E-state index contributed by atoms with van der Waals surface area (Å²) in [5.41, 5.74) is 2.37. The normalized spacial score (nSPS) is 14.7. The molecule has 7 heteroatoms. The van der Waals surface area contributed by atoms with Gasteiger partial charge in [0.1, 0.15) is 0 Å². The molecule has 0 radical (unpaired) electrons.